The number of nitrogens with zero attached hydrogens (tertiary/aromatic N) is 3. The summed E-state index contributed by atoms with van der Waals surface area (Å²) in [6.07, 6.45) is 5.09. The molecule has 0 aromatic carbocycles. The minimum absolute atomic E-state index is 0.0979. The van der Waals surface area contributed by atoms with Crippen molar-refractivity contribution in [3.63, 3.8) is 0 Å². The van der Waals surface area contributed by atoms with E-state index in [-0.39, 0.29) is 5.91 Å². The molecule has 1 amide bonds. The summed E-state index contributed by atoms with van der Waals surface area (Å²) in [6.45, 7) is 4.99. The predicted octanol–water partition coefficient (Wildman–Crippen LogP) is 0.588. The summed E-state index contributed by atoms with van der Waals surface area (Å²) < 4.78 is 1.84. The van der Waals surface area contributed by atoms with Crippen LogP contribution in [-0.2, 0) is 0 Å². The number of carbonyl (C=O) groups excluding carboxylic acids is 1. The van der Waals surface area contributed by atoms with Gasteiger partial charge in [-0.15, -0.1) is 5.10 Å². The van der Waals surface area contributed by atoms with E-state index < -0.39 is 0 Å². The topological polar surface area (TPSA) is 71.8 Å². The van der Waals surface area contributed by atoms with Crippen LogP contribution in [-0.4, -0.2) is 40.5 Å². The molecule has 2 fully saturated rings. The number of carbonyl (C=O) groups is 1. The lowest BCUT2D eigenvalue weighted by Gasteiger charge is -2.22. The summed E-state index contributed by atoms with van der Waals surface area (Å²) in [4.78, 5) is 11.9. The molecule has 0 spiro atoms. The molecular formula is C13H21N5O. The molecule has 1 aromatic heterocycles. The number of amides is 1. The van der Waals surface area contributed by atoms with E-state index >= 15 is 0 Å². The van der Waals surface area contributed by atoms with Gasteiger partial charge in [-0.25, -0.2) is 4.68 Å². The van der Waals surface area contributed by atoms with E-state index in [1.807, 2.05) is 4.68 Å². The molecule has 2 N–H and O–H groups in total. The van der Waals surface area contributed by atoms with Crippen LogP contribution >= 0.6 is 0 Å². The van der Waals surface area contributed by atoms with Crippen LogP contribution in [0.5, 0.6) is 0 Å². The molecule has 1 aliphatic carbocycles. The Bertz CT molecular complexity index is 452. The van der Waals surface area contributed by atoms with Crippen LogP contribution in [0.3, 0.4) is 0 Å². The average Bonchev–Trinajstić information content (AvgIpc) is 2.94. The van der Waals surface area contributed by atoms with Gasteiger partial charge in [-0.3, -0.25) is 4.79 Å². The molecule has 0 bridgehead atoms. The molecule has 1 saturated carbocycles. The Hall–Kier alpha value is -1.43. The number of nitrogens with one attached hydrogen (secondary N) is 2. The second kappa shape index (κ2) is 5.28. The molecule has 1 saturated heterocycles. The second-order valence-corrected chi connectivity index (χ2v) is 5.75. The minimum atomic E-state index is -0.0979. The summed E-state index contributed by atoms with van der Waals surface area (Å²) in [7, 11) is 0. The van der Waals surface area contributed by atoms with Crippen LogP contribution in [0.2, 0.25) is 0 Å². The number of aromatic nitrogens is 3. The first-order valence-corrected chi connectivity index (χ1v) is 7.15. The van der Waals surface area contributed by atoms with E-state index in [0.717, 1.165) is 38.4 Å². The first kappa shape index (κ1) is 12.6. The number of piperidine rings is 1. The van der Waals surface area contributed by atoms with Gasteiger partial charge in [-0.2, -0.15) is 0 Å². The monoisotopic (exact) mass is 263 g/mol. The minimum Gasteiger partial charge on any atom is -0.350 e. The number of rotatable bonds is 4. The second-order valence-electron chi connectivity index (χ2n) is 5.75. The highest BCUT2D eigenvalue weighted by Gasteiger charge is 2.32. The molecule has 19 heavy (non-hydrogen) atoms. The van der Waals surface area contributed by atoms with Gasteiger partial charge in [0.1, 0.15) is 0 Å². The summed E-state index contributed by atoms with van der Waals surface area (Å²) >= 11 is 0. The Balaban J connectivity index is 1.55. The maximum absolute atomic E-state index is 11.9. The molecule has 6 heteroatoms. The molecular weight excluding hydrogens is 242 g/mol. The summed E-state index contributed by atoms with van der Waals surface area (Å²) in [5.41, 5.74) is 0.437. The van der Waals surface area contributed by atoms with Crippen LogP contribution < -0.4 is 10.6 Å². The summed E-state index contributed by atoms with van der Waals surface area (Å²) in [5.74, 6) is 1.31. The van der Waals surface area contributed by atoms with Gasteiger partial charge in [0.2, 0.25) is 0 Å². The first-order valence-electron chi connectivity index (χ1n) is 7.15. The van der Waals surface area contributed by atoms with Crippen molar-refractivity contribution < 1.29 is 4.79 Å². The SMILES string of the molecule is CC1CC1CNC(=O)c1cn(C2CCNCC2)nn1. The maximum atomic E-state index is 11.9. The molecule has 2 atom stereocenters. The Kier molecular flexibility index (Phi) is 3.50. The zero-order valence-corrected chi connectivity index (χ0v) is 11.3. The first-order chi connectivity index (χ1) is 9.24. The van der Waals surface area contributed by atoms with Crippen LogP contribution in [0.15, 0.2) is 6.20 Å². The Labute approximate surface area is 112 Å². The lowest BCUT2D eigenvalue weighted by Crippen LogP contribution is -2.29. The van der Waals surface area contributed by atoms with Crippen LogP contribution in [0.4, 0.5) is 0 Å². The normalized spacial score (nSPS) is 27.2. The molecule has 2 heterocycles. The molecule has 3 rings (SSSR count). The van der Waals surface area contributed by atoms with E-state index in [4.69, 9.17) is 0 Å². The van der Waals surface area contributed by atoms with Crippen molar-refractivity contribution in [3.05, 3.63) is 11.9 Å². The summed E-state index contributed by atoms with van der Waals surface area (Å²) in [6, 6.07) is 0.374. The Morgan fingerprint density at radius 3 is 2.95 bits per heavy atom. The van der Waals surface area contributed by atoms with E-state index in [2.05, 4.69) is 27.9 Å². The molecule has 2 unspecified atom stereocenters. The highest BCUT2D eigenvalue weighted by Crippen LogP contribution is 2.36. The van der Waals surface area contributed by atoms with Crippen molar-refractivity contribution in [2.45, 2.75) is 32.2 Å². The highest BCUT2D eigenvalue weighted by molar-refractivity contribution is 5.91. The van der Waals surface area contributed by atoms with E-state index in [1.165, 1.54) is 6.42 Å². The van der Waals surface area contributed by atoms with Crippen molar-refractivity contribution in [2.75, 3.05) is 19.6 Å². The average molecular weight is 263 g/mol. The largest absolute Gasteiger partial charge is 0.350 e. The lowest BCUT2D eigenvalue weighted by molar-refractivity contribution is 0.0946. The maximum Gasteiger partial charge on any atom is 0.273 e. The van der Waals surface area contributed by atoms with Gasteiger partial charge in [-0.05, 0) is 44.2 Å². The fraction of sp³-hybridized carbons (Fsp3) is 0.769. The Morgan fingerprint density at radius 1 is 1.53 bits per heavy atom. The third-order valence-electron chi connectivity index (χ3n) is 4.23. The molecule has 0 radical (unpaired) electrons. The Morgan fingerprint density at radius 2 is 2.26 bits per heavy atom. The van der Waals surface area contributed by atoms with Gasteiger partial charge < -0.3 is 10.6 Å². The quantitative estimate of drug-likeness (QED) is 0.834. The van der Waals surface area contributed by atoms with Crippen molar-refractivity contribution in [3.8, 4) is 0 Å². The highest BCUT2D eigenvalue weighted by atomic mass is 16.2. The van der Waals surface area contributed by atoms with Gasteiger partial charge in [0, 0.05) is 6.54 Å². The third-order valence-corrected chi connectivity index (χ3v) is 4.23. The fourth-order valence-electron chi connectivity index (χ4n) is 2.63. The smallest absolute Gasteiger partial charge is 0.273 e. The van der Waals surface area contributed by atoms with Crippen LogP contribution in [0.25, 0.3) is 0 Å². The van der Waals surface area contributed by atoms with E-state index in [9.17, 15) is 4.79 Å². The summed E-state index contributed by atoms with van der Waals surface area (Å²) in [5, 5.41) is 14.3. The van der Waals surface area contributed by atoms with Gasteiger partial charge >= 0.3 is 0 Å². The van der Waals surface area contributed by atoms with E-state index in [0.29, 0.717) is 17.7 Å². The molecule has 6 nitrogen and oxygen atoms in total. The zero-order valence-electron chi connectivity index (χ0n) is 11.3. The molecule has 104 valence electrons. The number of hydrogen-bond acceptors (Lipinski definition) is 4. The van der Waals surface area contributed by atoms with Crippen LogP contribution in [0.1, 0.15) is 42.7 Å². The molecule has 2 aliphatic rings. The van der Waals surface area contributed by atoms with Crippen molar-refractivity contribution in [1.82, 2.24) is 25.6 Å². The van der Waals surface area contributed by atoms with Crippen molar-refractivity contribution in [1.29, 1.82) is 0 Å². The van der Waals surface area contributed by atoms with Gasteiger partial charge in [-0.1, -0.05) is 12.1 Å². The van der Waals surface area contributed by atoms with Crippen molar-refractivity contribution >= 4 is 5.91 Å². The predicted molar refractivity (Wildman–Crippen MR) is 70.8 cm³/mol. The standard InChI is InChI=1S/C13H21N5O/c1-9-6-10(9)7-15-13(19)12-8-18(17-16-12)11-2-4-14-5-3-11/h8-11,14H,2-7H2,1H3,(H,15,19). The van der Waals surface area contributed by atoms with Crippen molar-refractivity contribution in [2.24, 2.45) is 11.8 Å². The molecule has 1 aliphatic heterocycles. The number of hydrogen-bond donors (Lipinski definition) is 2. The van der Waals surface area contributed by atoms with Gasteiger partial charge in [0.15, 0.2) is 5.69 Å². The van der Waals surface area contributed by atoms with E-state index in [1.54, 1.807) is 6.20 Å². The lowest BCUT2D eigenvalue weighted by atomic mass is 10.1. The molecule has 1 aromatic rings. The van der Waals surface area contributed by atoms with Gasteiger partial charge in [0.25, 0.3) is 5.91 Å². The van der Waals surface area contributed by atoms with Crippen LogP contribution in [0, 0.1) is 11.8 Å². The zero-order chi connectivity index (χ0) is 13.2. The van der Waals surface area contributed by atoms with Gasteiger partial charge in [0.05, 0.1) is 12.2 Å². The fourth-order valence-corrected chi connectivity index (χ4v) is 2.63. The third kappa shape index (κ3) is 2.94.